The summed E-state index contributed by atoms with van der Waals surface area (Å²) in [6.07, 6.45) is 0.865. The molecule has 1 aliphatic rings. The van der Waals surface area contributed by atoms with Crippen molar-refractivity contribution in [2.45, 2.75) is 17.9 Å². The van der Waals surface area contributed by atoms with Crippen molar-refractivity contribution in [3.63, 3.8) is 0 Å². The molecule has 1 atom stereocenters. The van der Waals surface area contributed by atoms with Gasteiger partial charge in [-0.3, -0.25) is 4.79 Å². The molecule has 0 aromatic heterocycles. The van der Waals surface area contributed by atoms with Gasteiger partial charge in [-0.05, 0) is 25.1 Å². The fourth-order valence-corrected chi connectivity index (χ4v) is 4.00. The molecule has 0 saturated carbocycles. The third-order valence-electron chi connectivity index (χ3n) is 3.87. The summed E-state index contributed by atoms with van der Waals surface area (Å²) in [4.78, 5) is 13.0. The van der Waals surface area contributed by atoms with Crippen LogP contribution in [0.3, 0.4) is 0 Å². The predicted octanol–water partition coefficient (Wildman–Crippen LogP) is 1.39. The van der Waals surface area contributed by atoms with E-state index in [1.54, 1.807) is 6.92 Å². The normalized spacial score (nSPS) is 17.3. The van der Waals surface area contributed by atoms with Gasteiger partial charge in [0.25, 0.3) is 5.91 Å². The quantitative estimate of drug-likeness (QED) is 0.706. The molecule has 1 heterocycles. The smallest absolute Gasteiger partial charge is 0.251 e. The van der Waals surface area contributed by atoms with Crippen LogP contribution in [0.2, 0.25) is 0 Å². The minimum Gasteiger partial charge on any atom is -0.365 e. The number of amides is 1. The number of benzene rings is 1. The topological polar surface area (TPSA) is 66.9 Å². The van der Waals surface area contributed by atoms with Gasteiger partial charge < -0.3 is 9.64 Å². The Bertz CT molecular complexity index is 747. The fourth-order valence-electron chi connectivity index (χ4n) is 2.50. The van der Waals surface area contributed by atoms with Crippen molar-refractivity contribution in [3.8, 4) is 0 Å². The van der Waals surface area contributed by atoms with Gasteiger partial charge in [0, 0.05) is 26.2 Å². The van der Waals surface area contributed by atoms with Crippen molar-refractivity contribution >= 4 is 15.9 Å². The Morgan fingerprint density at radius 1 is 1.32 bits per heavy atom. The molecule has 0 bridgehead atoms. The van der Waals surface area contributed by atoms with Crippen molar-refractivity contribution in [1.82, 2.24) is 9.21 Å². The number of carbonyl (C=O) groups excluding carboxylic acids is 1. The summed E-state index contributed by atoms with van der Waals surface area (Å²) >= 11 is 0. The molecule has 0 N–H and O–H groups in total. The summed E-state index contributed by atoms with van der Waals surface area (Å²) in [6.45, 7) is 5.64. The molecule has 25 heavy (non-hydrogen) atoms. The molecule has 1 aliphatic heterocycles. The van der Waals surface area contributed by atoms with Crippen LogP contribution in [-0.4, -0.2) is 62.4 Å². The van der Waals surface area contributed by atoms with Gasteiger partial charge in [0.05, 0.1) is 6.61 Å². The number of rotatable bonds is 6. The Balaban J connectivity index is 2.05. The van der Waals surface area contributed by atoms with E-state index in [2.05, 4.69) is 6.58 Å². The molecular formula is C16H20F2N2O4S. The molecule has 1 aromatic carbocycles. The van der Waals surface area contributed by atoms with Crippen molar-refractivity contribution in [2.75, 3.05) is 32.8 Å². The van der Waals surface area contributed by atoms with Crippen molar-refractivity contribution in [2.24, 2.45) is 0 Å². The standard InChI is InChI=1S/C16H20F2N2O4S/c1-3-10-24-12(2)16(21)19-6-8-20(9-7-19)25(22,23)15-11-13(17)4-5-14(15)18/h3-5,11-12H,1,6-10H2,2H3. The Kier molecular flexibility index (Phi) is 6.26. The first-order chi connectivity index (χ1) is 11.8. The highest BCUT2D eigenvalue weighted by atomic mass is 32.2. The Morgan fingerprint density at radius 2 is 1.96 bits per heavy atom. The second-order valence-corrected chi connectivity index (χ2v) is 7.47. The van der Waals surface area contributed by atoms with Crippen LogP contribution in [0.25, 0.3) is 0 Å². The third-order valence-corrected chi connectivity index (χ3v) is 5.79. The van der Waals surface area contributed by atoms with Crippen LogP contribution < -0.4 is 0 Å². The Labute approximate surface area is 145 Å². The van der Waals surface area contributed by atoms with Gasteiger partial charge in [-0.15, -0.1) is 6.58 Å². The number of hydrogen-bond acceptors (Lipinski definition) is 4. The first kappa shape index (κ1) is 19.5. The highest BCUT2D eigenvalue weighted by Crippen LogP contribution is 2.22. The Hall–Kier alpha value is -1.84. The second-order valence-electron chi connectivity index (χ2n) is 5.57. The van der Waals surface area contributed by atoms with Gasteiger partial charge >= 0.3 is 0 Å². The number of halogens is 2. The lowest BCUT2D eigenvalue weighted by Gasteiger charge is -2.35. The lowest BCUT2D eigenvalue weighted by Crippen LogP contribution is -2.52. The molecule has 9 heteroatoms. The number of sulfonamides is 1. The van der Waals surface area contributed by atoms with Crippen LogP contribution in [-0.2, 0) is 19.6 Å². The van der Waals surface area contributed by atoms with E-state index in [0.29, 0.717) is 6.07 Å². The molecule has 6 nitrogen and oxygen atoms in total. The van der Waals surface area contributed by atoms with Crippen LogP contribution in [0, 0.1) is 11.6 Å². The maximum absolute atomic E-state index is 13.8. The molecule has 0 spiro atoms. The highest BCUT2D eigenvalue weighted by molar-refractivity contribution is 7.89. The minimum atomic E-state index is -4.16. The minimum absolute atomic E-state index is 0.00178. The molecule has 1 unspecified atom stereocenters. The monoisotopic (exact) mass is 374 g/mol. The van der Waals surface area contributed by atoms with Crippen molar-refractivity contribution in [3.05, 3.63) is 42.5 Å². The molecule has 0 aliphatic carbocycles. The molecule has 1 amide bonds. The molecule has 1 saturated heterocycles. The van der Waals surface area contributed by atoms with E-state index >= 15 is 0 Å². The largest absolute Gasteiger partial charge is 0.365 e. The maximum atomic E-state index is 13.8. The molecular weight excluding hydrogens is 354 g/mol. The zero-order valence-corrected chi connectivity index (χ0v) is 14.6. The number of carbonyl (C=O) groups is 1. The van der Waals surface area contributed by atoms with E-state index in [4.69, 9.17) is 4.74 Å². The van der Waals surface area contributed by atoms with Crippen molar-refractivity contribution in [1.29, 1.82) is 0 Å². The van der Waals surface area contributed by atoms with E-state index in [1.165, 1.54) is 11.0 Å². The lowest BCUT2D eigenvalue weighted by atomic mass is 10.3. The lowest BCUT2D eigenvalue weighted by molar-refractivity contribution is -0.143. The van der Waals surface area contributed by atoms with E-state index in [-0.39, 0.29) is 38.7 Å². The number of nitrogens with zero attached hydrogens (tertiary/aromatic N) is 2. The van der Waals surface area contributed by atoms with Gasteiger partial charge in [0.15, 0.2) is 0 Å². The molecule has 2 rings (SSSR count). The molecule has 1 fully saturated rings. The van der Waals surface area contributed by atoms with Gasteiger partial charge in [0.1, 0.15) is 22.6 Å². The maximum Gasteiger partial charge on any atom is 0.251 e. The Morgan fingerprint density at radius 3 is 2.56 bits per heavy atom. The molecule has 0 radical (unpaired) electrons. The summed E-state index contributed by atoms with van der Waals surface area (Å²) in [7, 11) is -4.16. The zero-order valence-electron chi connectivity index (χ0n) is 13.8. The van der Waals surface area contributed by atoms with Gasteiger partial charge in [0.2, 0.25) is 10.0 Å². The SMILES string of the molecule is C=CCOC(C)C(=O)N1CCN(S(=O)(=O)c2cc(F)ccc2F)CC1. The van der Waals surface area contributed by atoms with Gasteiger partial charge in [-0.1, -0.05) is 6.08 Å². The van der Waals surface area contributed by atoms with E-state index < -0.39 is 32.7 Å². The molecule has 1 aromatic rings. The van der Waals surface area contributed by atoms with Crippen LogP contribution in [0.5, 0.6) is 0 Å². The zero-order chi connectivity index (χ0) is 18.6. The summed E-state index contributed by atoms with van der Waals surface area (Å²) in [5.74, 6) is -2.09. The number of hydrogen-bond donors (Lipinski definition) is 0. The first-order valence-corrected chi connectivity index (χ1v) is 9.18. The van der Waals surface area contributed by atoms with Crippen LogP contribution in [0.15, 0.2) is 35.7 Å². The van der Waals surface area contributed by atoms with Gasteiger partial charge in [-0.25, -0.2) is 17.2 Å². The van der Waals surface area contributed by atoms with Gasteiger partial charge in [-0.2, -0.15) is 4.31 Å². The summed E-state index contributed by atoms with van der Waals surface area (Å²) in [6, 6.07) is 2.30. The summed E-state index contributed by atoms with van der Waals surface area (Å²) < 4.78 is 58.4. The van der Waals surface area contributed by atoms with E-state index in [1.807, 2.05) is 0 Å². The average molecular weight is 374 g/mol. The second kappa shape index (κ2) is 8.03. The van der Waals surface area contributed by atoms with Crippen LogP contribution in [0.4, 0.5) is 8.78 Å². The van der Waals surface area contributed by atoms with E-state index in [9.17, 15) is 22.0 Å². The van der Waals surface area contributed by atoms with Crippen LogP contribution in [0.1, 0.15) is 6.92 Å². The van der Waals surface area contributed by atoms with Crippen LogP contribution >= 0.6 is 0 Å². The highest BCUT2D eigenvalue weighted by Gasteiger charge is 2.33. The summed E-state index contributed by atoms with van der Waals surface area (Å²) in [5.41, 5.74) is 0. The van der Waals surface area contributed by atoms with E-state index in [0.717, 1.165) is 16.4 Å². The molecule has 138 valence electrons. The van der Waals surface area contributed by atoms with Crippen molar-refractivity contribution < 1.29 is 26.7 Å². The fraction of sp³-hybridized carbons (Fsp3) is 0.438. The summed E-state index contributed by atoms with van der Waals surface area (Å²) in [5, 5.41) is 0. The third kappa shape index (κ3) is 4.42. The number of ether oxygens (including phenoxy) is 1. The average Bonchev–Trinajstić information content (AvgIpc) is 2.61. The predicted molar refractivity (Wildman–Crippen MR) is 87.3 cm³/mol. The first-order valence-electron chi connectivity index (χ1n) is 7.74. The number of piperazine rings is 1.